The average Bonchev–Trinajstić information content (AvgIpc) is 3.27. The number of halogens is 1. The van der Waals surface area contributed by atoms with Gasteiger partial charge in [0.1, 0.15) is 0 Å². The van der Waals surface area contributed by atoms with Gasteiger partial charge in [-0.2, -0.15) is 0 Å². The minimum atomic E-state index is -0.0256. The Morgan fingerprint density at radius 1 is 1.14 bits per heavy atom. The third kappa shape index (κ3) is 3.44. The molecule has 2 aromatic carbocycles. The summed E-state index contributed by atoms with van der Waals surface area (Å²) in [5.41, 5.74) is 11.3. The van der Waals surface area contributed by atoms with E-state index >= 15 is 0 Å². The number of nitrogens with two attached hydrogens (primary N) is 1. The van der Waals surface area contributed by atoms with Crippen molar-refractivity contribution < 1.29 is 4.79 Å². The van der Waals surface area contributed by atoms with Gasteiger partial charge in [-0.15, -0.1) is 11.3 Å². The number of hydrogen-bond acceptors (Lipinski definition) is 5. The molecule has 6 heteroatoms. The van der Waals surface area contributed by atoms with E-state index in [4.69, 9.17) is 17.3 Å². The van der Waals surface area contributed by atoms with Crippen LogP contribution in [0.2, 0.25) is 5.02 Å². The van der Waals surface area contributed by atoms with Gasteiger partial charge < -0.3 is 10.6 Å². The first-order valence-corrected chi connectivity index (χ1v) is 11.1. The van der Waals surface area contributed by atoms with Gasteiger partial charge in [-0.1, -0.05) is 29.8 Å². The number of piperazine rings is 1. The fraction of sp³-hybridized carbons (Fsp3) is 0.261. The van der Waals surface area contributed by atoms with E-state index in [1.807, 2.05) is 5.38 Å². The molecular formula is C23H22ClN3OS. The molecule has 2 N–H and O–H groups in total. The van der Waals surface area contributed by atoms with Gasteiger partial charge in [-0.05, 0) is 53.3 Å². The fourth-order valence-electron chi connectivity index (χ4n) is 4.54. The molecular weight excluding hydrogens is 402 g/mol. The number of hydrogen-bond donors (Lipinski definition) is 1. The summed E-state index contributed by atoms with van der Waals surface area (Å²) < 4.78 is 0. The second-order valence-electron chi connectivity index (χ2n) is 7.75. The van der Waals surface area contributed by atoms with Gasteiger partial charge in [-0.25, -0.2) is 0 Å². The smallest absolute Gasteiger partial charge is 0.196 e. The number of ketones is 1. The third-order valence-electron chi connectivity index (χ3n) is 5.95. The first-order valence-electron chi connectivity index (χ1n) is 9.83. The lowest BCUT2D eigenvalue weighted by Gasteiger charge is -2.39. The monoisotopic (exact) mass is 423 g/mol. The van der Waals surface area contributed by atoms with Crippen molar-refractivity contribution in [3.63, 3.8) is 0 Å². The van der Waals surface area contributed by atoms with Crippen LogP contribution in [0.5, 0.6) is 0 Å². The molecule has 1 atom stereocenters. The number of anilines is 2. The lowest BCUT2D eigenvalue weighted by Crippen LogP contribution is -2.51. The molecule has 0 radical (unpaired) electrons. The van der Waals surface area contributed by atoms with Crippen LogP contribution in [-0.2, 0) is 13.0 Å². The molecule has 1 aromatic heterocycles. The highest BCUT2D eigenvalue weighted by Crippen LogP contribution is 2.35. The molecule has 3 aromatic rings. The van der Waals surface area contributed by atoms with Crippen LogP contribution < -0.4 is 10.6 Å². The Balaban J connectivity index is 1.34. The Morgan fingerprint density at radius 3 is 2.76 bits per heavy atom. The van der Waals surface area contributed by atoms with Crippen molar-refractivity contribution in [1.82, 2.24) is 4.90 Å². The number of thiophene rings is 1. The summed E-state index contributed by atoms with van der Waals surface area (Å²) in [6.45, 7) is 3.75. The molecule has 0 aliphatic carbocycles. The van der Waals surface area contributed by atoms with Crippen LogP contribution in [0.4, 0.5) is 10.7 Å². The van der Waals surface area contributed by atoms with Crippen LogP contribution >= 0.6 is 22.9 Å². The Hall–Kier alpha value is -2.34. The standard InChI is InChI=1S/C23H22ClN3OS/c24-18-7-5-15(6-8-18)22(28)21-17(14-29-23(21)25)12-26-9-10-27-19(13-26)11-16-3-1-2-4-20(16)27/h1-8,14,19H,9-13,25H2. The van der Waals surface area contributed by atoms with Crippen LogP contribution in [-0.4, -0.2) is 36.4 Å². The molecule has 29 heavy (non-hydrogen) atoms. The predicted octanol–water partition coefficient (Wildman–Crippen LogP) is 4.46. The highest BCUT2D eigenvalue weighted by molar-refractivity contribution is 7.14. The number of benzene rings is 2. The first-order chi connectivity index (χ1) is 14.1. The van der Waals surface area contributed by atoms with Gasteiger partial charge in [0.05, 0.1) is 10.6 Å². The predicted molar refractivity (Wildman–Crippen MR) is 120 cm³/mol. The minimum absolute atomic E-state index is 0.0256. The molecule has 2 aliphatic rings. The van der Waals surface area contributed by atoms with Gasteiger partial charge in [0.15, 0.2) is 5.78 Å². The number of para-hydroxylation sites is 1. The average molecular weight is 424 g/mol. The Kier molecular flexibility index (Phi) is 4.82. The number of carbonyl (C=O) groups excluding carboxylic acids is 1. The maximum atomic E-state index is 13.1. The van der Waals surface area contributed by atoms with Crippen molar-refractivity contribution in [2.24, 2.45) is 0 Å². The van der Waals surface area contributed by atoms with Crippen molar-refractivity contribution in [1.29, 1.82) is 0 Å². The van der Waals surface area contributed by atoms with Gasteiger partial charge in [0, 0.05) is 48.5 Å². The second kappa shape index (κ2) is 7.48. The van der Waals surface area contributed by atoms with Gasteiger partial charge in [-0.3, -0.25) is 9.69 Å². The van der Waals surface area contributed by atoms with Crippen molar-refractivity contribution in [3.05, 3.63) is 81.2 Å². The molecule has 2 aliphatic heterocycles. The first kappa shape index (κ1) is 18.7. The molecule has 148 valence electrons. The second-order valence-corrected chi connectivity index (χ2v) is 9.10. The van der Waals surface area contributed by atoms with E-state index in [1.54, 1.807) is 24.3 Å². The summed E-state index contributed by atoms with van der Waals surface area (Å²) >= 11 is 7.41. The lowest BCUT2D eigenvalue weighted by atomic mass is 10.0. The lowest BCUT2D eigenvalue weighted by molar-refractivity contribution is 0.103. The third-order valence-corrected chi connectivity index (χ3v) is 7.06. The number of nitrogen functional groups attached to an aromatic ring is 1. The van der Waals surface area contributed by atoms with E-state index in [-0.39, 0.29) is 5.78 Å². The van der Waals surface area contributed by atoms with Crippen molar-refractivity contribution in [2.45, 2.75) is 19.0 Å². The summed E-state index contributed by atoms with van der Waals surface area (Å²) in [6, 6.07) is 16.2. The molecule has 0 spiro atoms. The van der Waals surface area contributed by atoms with Gasteiger partial charge in [0.25, 0.3) is 0 Å². The molecule has 4 nitrogen and oxygen atoms in total. The van der Waals surface area contributed by atoms with Crippen molar-refractivity contribution in [3.8, 4) is 0 Å². The van der Waals surface area contributed by atoms with Crippen LogP contribution in [0.15, 0.2) is 53.9 Å². The molecule has 0 bridgehead atoms. The summed E-state index contributed by atoms with van der Waals surface area (Å²) in [7, 11) is 0. The van der Waals surface area contributed by atoms with E-state index in [9.17, 15) is 4.79 Å². The summed E-state index contributed by atoms with van der Waals surface area (Å²) in [5, 5.41) is 3.25. The number of nitrogens with zero attached hydrogens (tertiary/aromatic N) is 2. The molecule has 1 saturated heterocycles. The molecule has 0 amide bonds. The Morgan fingerprint density at radius 2 is 1.93 bits per heavy atom. The zero-order valence-electron chi connectivity index (χ0n) is 16.0. The normalized spacial score (nSPS) is 18.5. The van der Waals surface area contributed by atoms with Crippen LogP contribution in [0.1, 0.15) is 27.0 Å². The topological polar surface area (TPSA) is 49.6 Å². The van der Waals surface area contributed by atoms with E-state index in [0.717, 1.165) is 38.2 Å². The van der Waals surface area contributed by atoms with Crippen LogP contribution in [0.25, 0.3) is 0 Å². The highest BCUT2D eigenvalue weighted by Gasteiger charge is 2.34. The van der Waals surface area contributed by atoms with Gasteiger partial charge >= 0.3 is 0 Å². The number of carbonyl (C=O) groups is 1. The van der Waals surface area contributed by atoms with E-state index < -0.39 is 0 Å². The maximum absolute atomic E-state index is 13.1. The quantitative estimate of drug-likeness (QED) is 0.629. The van der Waals surface area contributed by atoms with Crippen molar-refractivity contribution >= 4 is 39.4 Å². The number of fused-ring (bicyclic) bond motifs is 3. The van der Waals surface area contributed by atoms with Crippen LogP contribution in [0, 0.1) is 0 Å². The Labute approximate surface area is 179 Å². The van der Waals surface area contributed by atoms with E-state index in [0.29, 0.717) is 27.2 Å². The molecule has 0 saturated carbocycles. The number of rotatable bonds is 4. The molecule has 3 heterocycles. The van der Waals surface area contributed by atoms with E-state index in [1.165, 1.54) is 22.6 Å². The van der Waals surface area contributed by atoms with Gasteiger partial charge in [0.2, 0.25) is 0 Å². The fourth-order valence-corrected chi connectivity index (χ4v) is 5.47. The molecule has 5 rings (SSSR count). The molecule has 1 fully saturated rings. The largest absolute Gasteiger partial charge is 0.390 e. The zero-order chi connectivity index (χ0) is 20.0. The minimum Gasteiger partial charge on any atom is -0.390 e. The summed E-state index contributed by atoms with van der Waals surface area (Å²) in [4.78, 5) is 18.1. The van der Waals surface area contributed by atoms with E-state index in [2.05, 4.69) is 34.1 Å². The Bertz CT molecular complexity index is 1060. The zero-order valence-corrected chi connectivity index (χ0v) is 17.5. The SMILES string of the molecule is Nc1scc(CN2CCN3c4ccccc4CC3C2)c1C(=O)c1ccc(Cl)cc1. The molecule has 1 unspecified atom stereocenters. The summed E-state index contributed by atoms with van der Waals surface area (Å²) in [6.07, 6.45) is 1.09. The van der Waals surface area contributed by atoms with Crippen LogP contribution in [0.3, 0.4) is 0 Å². The highest BCUT2D eigenvalue weighted by atomic mass is 35.5. The maximum Gasteiger partial charge on any atom is 0.196 e. The summed E-state index contributed by atoms with van der Waals surface area (Å²) in [5.74, 6) is -0.0256. The van der Waals surface area contributed by atoms with Crippen molar-refractivity contribution in [2.75, 3.05) is 30.3 Å².